The highest BCUT2D eigenvalue weighted by molar-refractivity contribution is 7.91. The van der Waals surface area contributed by atoms with Gasteiger partial charge in [-0.15, -0.1) is 11.3 Å². The Morgan fingerprint density at radius 3 is 2.91 bits per heavy atom. The van der Waals surface area contributed by atoms with Crippen molar-refractivity contribution in [2.75, 3.05) is 13.1 Å². The van der Waals surface area contributed by atoms with Gasteiger partial charge in [0.05, 0.1) is 12.0 Å². The number of H-pyrrole nitrogens is 1. The summed E-state index contributed by atoms with van der Waals surface area (Å²) < 4.78 is 27.3. The van der Waals surface area contributed by atoms with Crippen LogP contribution in [0.1, 0.15) is 29.3 Å². The minimum absolute atomic E-state index is 0.0353. The molecule has 3 rings (SSSR count). The van der Waals surface area contributed by atoms with E-state index in [4.69, 9.17) is 0 Å². The molecule has 1 N–H and O–H groups in total. The molecule has 1 saturated heterocycles. The zero-order valence-electron chi connectivity index (χ0n) is 12.2. The van der Waals surface area contributed by atoms with E-state index < -0.39 is 10.0 Å². The van der Waals surface area contributed by atoms with Crippen molar-refractivity contribution in [2.45, 2.75) is 29.9 Å². The van der Waals surface area contributed by atoms with E-state index in [1.807, 2.05) is 13.0 Å². The Balaban J connectivity index is 1.85. The van der Waals surface area contributed by atoms with Crippen molar-refractivity contribution in [2.24, 2.45) is 0 Å². The van der Waals surface area contributed by atoms with E-state index in [1.165, 1.54) is 28.0 Å². The molecule has 3 heterocycles. The van der Waals surface area contributed by atoms with Gasteiger partial charge in [-0.05, 0) is 31.9 Å². The van der Waals surface area contributed by atoms with Crippen molar-refractivity contribution in [3.63, 3.8) is 0 Å². The number of aryl methyl sites for hydroxylation is 1. The number of thiophene rings is 1. The first-order chi connectivity index (χ1) is 10.5. The van der Waals surface area contributed by atoms with Crippen LogP contribution in [0.25, 0.3) is 0 Å². The van der Waals surface area contributed by atoms with Crippen molar-refractivity contribution in [1.82, 2.24) is 14.3 Å². The van der Waals surface area contributed by atoms with E-state index >= 15 is 0 Å². The average Bonchev–Trinajstić information content (AvgIpc) is 2.95. The van der Waals surface area contributed by atoms with E-state index in [9.17, 15) is 13.2 Å². The number of nitrogens with zero attached hydrogens (tertiary/aromatic N) is 2. The molecule has 1 fully saturated rings. The molecule has 0 bridgehead atoms. The molecule has 0 spiro atoms. The lowest BCUT2D eigenvalue weighted by Crippen LogP contribution is -2.39. The van der Waals surface area contributed by atoms with E-state index in [2.05, 4.69) is 9.97 Å². The van der Waals surface area contributed by atoms with Crippen LogP contribution in [0.5, 0.6) is 0 Å². The minimum atomic E-state index is -3.45. The lowest BCUT2D eigenvalue weighted by Gasteiger charge is -2.31. The van der Waals surface area contributed by atoms with Crippen LogP contribution in [0.3, 0.4) is 0 Å². The lowest BCUT2D eigenvalue weighted by atomic mass is 9.96. The van der Waals surface area contributed by atoms with Crippen LogP contribution >= 0.6 is 11.3 Å². The number of hydrogen-bond donors (Lipinski definition) is 1. The van der Waals surface area contributed by atoms with Crippen molar-refractivity contribution < 1.29 is 8.42 Å². The fraction of sp³-hybridized carbons (Fsp3) is 0.429. The first-order valence-electron chi connectivity index (χ1n) is 7.08. The van der Waals surface area contributed by atoms with Crippen LogP contribution < -0.4 is 5.56 Å². The summed E-state index contributed by atoms with van der Waals surface area (Å²) in [6, 6.07) is 4.93. The molecule has 6 nitrogen and oxygen atoms in total. The molecule has 2 aromatic rings. The minimum Gasteiger partial charge on any atom is -0.313 e. The van der Waals surface area contributed by atoms with Crippen LogP contribution in [0, 0.1) is 6.92 Å². The molecule has 1 aliphatic rings. The van der Waals surface area contributed by atoms with Crippen LogP contribution in [0.4, 0.5) is 0 Å². The second-order valence-corrected chi connectivity index (χ2v) is 8.86. The van der Waals surface area contributed by atoms with Crippen molar-refractivity contribution in [3.8, 4) is 0 Å². The summed E-state index contributed by atoms with van der Waals surface area (Å²) >= 11 is 1.29. The number of aromatic nitrogens is 2. The van der Waals surface area contributed by atoms with Crippen LogP contribution in [0.15, 0.2) is 33.5 Å². The predicted molar refractivity (Wildman–Crippen MR) is 84.6 cm³/mol. The molecular formula is C14H17N3O3S2. The quantitative estimate of drug-likeness (QED) is 0.923. The van der Waals surface area contributed by atoms with Crippen LogP contribution in [-0.4, -0.2) is 35.8 Å². The van der Waals surface area contributed by atoms with Gasteiger partial charge in [-0.2, -0.15) is 4.31 Å². The molecule has 0 radical (unpaired) electrons. The van der Waals surface area contributed by atoms with Gasteiger partial charge in [-0.3, -0.25) is 4.79 Å². The summed E-state index contributed by atoms with van der Waals surface area (Å²) in [5.74, 6) is -0.0353. The zero-order valence-corrected chi connectivity index (χ0v) is 13.8. The molecule has 0 saturated carbocycles. The van der Waals surface area contributed by atoms with Crippen molar-refractivity contribution in [1.29, 1.82) is 0 Å². The fourth-order valence-corrected chi connectivity index (χ4v) is 5.65. The van der Waals surface area contributed by atoms with E-state index in [1.54, 1.807) is 6.07 Å². The number of sulfonamides is 1. The predicted octanol–water partition coefficient (Wildman–Crippen LogP) is 1.71. The van der Waals surface area contributed by atoms with E-state index in [0.29, 0.717) is 23.0 Å². The Morgan fingerprint density at radius 2 is 2.23 bits per heavy atom. The zero-order chi connectivity index (χ0) is 15.7. The summed E-state index contributed by atoms with van der Waals surface area (Å²) in [4.78, 5) is 19.1. The molecule has 2 aromatic heterocycles. The largest absolute Gasteiger partial charge is 0.313 e. The molecule has 1 atom stereocenters. The number of aromatic amines is 1. The van der Waals surface area contributed by atoms with Gasteiger partial charge < -0.3 is 4.98 Å². The third-order valence-corrected chi connectivity index (χ3v) is 7.14. The van der Waals surface area contributed by atoms with Gasteiger partial charge in [-0.25, -0.2) is 13.4 Å². The number of piperidine rings is 1. The number of nitrogens with one attached hydrogen (secondary N) is 1. The van der Waals surface area contributed by atoms with Gasteiger partial charge in [0.2, 0.25) is 0 Å². The summed E-state index contributed by atoms with van der Waals surface area (Å²) in [6.45, 7) is 2.78. The summed E-state index contributed by atoms with van der Waals surface area (Å²) in [7, 11) is -3.45. The fourth-order valence-electron chi connectivity index (χ4n) is 2.69. The molecule has 118 valence electrons. The maximum atomic E-state index is 12.7. The Labute approximate surface area is 132 Å². The van der Waals surface area contributed by atoms with Gasteiger partial charge in [-0.1, -0.05) is 0 Å². The summed E-state index contributed by atoms with van der Waals surface area (Å²) in [5.41, 5.74) is 0.449. The monoisotopic (exact) mass is 339 g/mol. The Hall–Kier alpha value is -1.51. The molecule has 0 amide bonds. The number of rotatable bonds is 3. The highest BCUT2D eigenvalue weighted by atomic mass is 32.2. The standard InChI is InChI=1S/C14H17N3O3S2/c1-10-4-5-14(21-10)22(19,20)17-6-2-3-11(8-17)12-7-13(18)16-9-15-12/h4-5,7,9,11H,2-3,6,8H2,1H3,(H,15,16,18)/t11-/m1/s1. The first kappa shape index (κ1) is 15.4. The number of hydrogen-bond acceptors (Lipinski definition) is 5. The second kappa shape index (κ2) is 5.94. The van der Waals surface area contributed by atoms with E-state index in [0.717, 1.165) is 17.7 Å². The SMILES string of the molecule is Cc1ccc(S(=O)(=O)N2CCC[C@@H](c3cc(=O)[nH]cn3)C2)s1. The molecule has 8 heteroatoms. The van der Waals surface area contributed by atoms with Crippen molar-refractivity contribution >= 4 is 21.4 Å². The Morgan fingerprint density at radius 1 is 1.41 bits per heavy atom. The maximum Gasteiger partial charge on any atom is 0.252 e. The lowest BCUT2D eigenvalue weighted by molar-refractivity contribution is 0.313. The third kappa shape index (κ3) is 2.99. The third-order valence-electron chi connectivity index (χ3n) is 3.81. The van der Waals surface area contributed by atoms with Gasteiger partial charge >= 0.3 is 0 Å². The van der Waals surface area contributed by atoms with Gasteiger partial charge in [0.1, 0.15) is 4.21 Å². The summed E-state index contributed by atoms with van der Waals surface area (Å²) in [6.07, 6.45) is 2.97. The Bertz CT molecular complexity index is 826. The maximum absolute atomic E-state index is 12.7. The van der Waals surface area contributed by atoms with Gasteiger partial charge in [0.15, 0.2) is 0 Å². The molecular weight excluding hydrogens is 322 g/mol. The van der Waals surface area contributed by atoms with Crippen LogP contribution in [0.2, 0.25) is 0 Å². The van der Waals surface area contributed by atoms with Crippen LogP contribution in [-0.2, 0) is 10.0 Å². The topological polar surface area (TPSA) is 83.1 Å². The molecule has 0 aromatic carbocycles. The second-order valence-electron chi connectivity index (χ2n) is 5.40. The van der Waals surface area contributed by atoms with E-state index in [-0.39, 0.29) is 11.5 Å². The smallest absolute Gasteiger partial charge is 0.252 e. The van der Waals surface area contributed by atoms with Gasteiger partial charge in [0, 0.05) is 30.0 Å². The summed E-state index contributed by atoms with van der Waals surface area (Å²) in [5, 5.41) is 0. The molecule has 0 unspecified atom stereocenters. The highest BCUT2D eigenvalue weighted by Crippen LogP contribution is 2.31. The normalized spacial score (nSPS) is 20.1. The molecule has 1 aliphatic heterocycles. The average molecular weight is 339 g/mol. The first-order valence-corrected chi connectivity index (χ1v) is 9.34. The molecule has 22 heavy (non-hydrogen) atoms. The highest BCUT2D eigenvalue weighted by Gasteiger charge is 2.32. The Kier molecular flexibility index (Phi) is 4.16. The molecule has 0 aliphatic carbocycles. The van der Waals surface area contributed by atoms with Gasteiger partial charge in [0.25, 0.3) is 15.6 Å². The van der Waals surface area contributed by atoms with Crippen molar-refractivity contribution in [3.05, 3.63) is 45.5 Å².